The number of aromatic amines is 1. The molecule has 3 aromatic rings. The Morgan fingerprint density at radius 3 is 2.26 bits per heavy atom. The highest BCUT2D eigenvalue weighted by atomic mass is 15.1. The number of hydrogen-bond donors (Lipinski definition) is 1. The quantitative estimate of drug-likeness (QED) is 0.663. The van der Waals surface area contributed by atoms with Crippen molar-refractivity contribution in [1.29, 1.82) is 5.26 Å². The van der Waals surface area contributed by atoms with Crippen LogP contribution in [0.25, 0.3) is 11.1 Å². The van der Waals surface area contributed by atoms with Gasteiger partial charge in [0, 0.05) is 29.7 Å². The highest BCUT2D eigenvalue weighted by molar-refractivity contribution is 5.76. The molecular weight excluding hydrogens is 332 g/mol. The Morgan fingerprint density at radius 2 is 1.70 bits per heavy atom. The molecule has 0 atom stereocenters. The fraction of sp³-hybridized carbons (Fsp3) is 0.304. The minimum atomic E-state index is -0.483. The molecule has 0 fully saturated rings. The van der Waals surface area contributed by atoms with Crippen molar-refractivity contribution in [3.63, 3.8) is 0 Å². The lowest BCUT2D eigenvalue weighted by molar-refractivity contribution is 0.687. The van der Waals surface area contributed by atoms with Gasteiger partial charge in [-0.05, 0) is 69.5 Å². The topological polar surface area (TPSA) is 55.7 Å². The van der Waals surface area contributed by atoms with Crippen LogP contribution >= 0.6 is 0 Å². The number of nitriles is 1. The number of benzene rings is 2. The molecule has 0 bridgehead atoms. The zero-order valence-electron chi connectivity index (χ0n) is 16.9. The average molecular weight is 358 g/mol. The van der Waals surface area contributed by atoms with Crippen LogP contribution in [0.5, 0.6) is 0 Å². The van der Waals surface area contributed by atoms with Gasteiger partial charge in [-0.2, -0.15) is 10.4 Å². The Hall–Kier alpha value is -3.06. The molecule has 0 aliphatic carbocycles. The van der Waals surface area contributed by atoms with Gasteiger partial charge in [-0.1, -0.05) is 24.3 Å². The smallest absolute Gasteiger partial charge is 0.0766 e. The third-order valence-corrected chi connectivity index (χ3v) is 5.24. The first-order valence-electron chi connectivity index (χ1n) is 9.12. The predicted molar refractivity (Wildman–Crippen MR) is 111 cm³/mol. The molecule has 0 amide bonds. The Balaban J connectivity index is 1.99. The number of nitrogens with one attached hydrogen (secondary N) is 1. The van der Waals surface area contributed by atoms with Crippen LogP contribution in [0, 0.1) is 32.1 Å². The molecular formula is C23H26N4. The molecule has 0 saturated heterocycles. The van der Waals surface area contributed by atoms with Gasteiger partial charge in [-0.3, -0.25) is 5.10 Å². The second-order valence-corrected chi connectivity index (χ2v) is 7.65. The van der Waals surface area contributed by atoms with Crippen molar-refractivity contribution in [2.24, 2.45) is 0 Å². The fourth-order valence-corrected chi connectivity index (χ4v) is 3.41. The second kappa shape index (κ2) is 6.92. The van der Waals surface area contributed by atoms with Gasteiger partial charge in [-0.25, -0.2) is 0 Å². The van der Waals surface area contributed by atoms with Crippen molar-refractivity contribution in [2.45, 2.75) is 40.0 Å². The van der Waals surface area contributed by atoms with Crippen molar-refractivity contribution in [3.8, 4) is 17.2 Å². The summed E-state index contributed by atoms with van der Waals surface area (Å²) in [5, 5.41) is 16.7. The van der Waals surface area contributed by atoms with Crippen LogP contribution in [-0.2, 0) is 5.41 Å². The van der Waals surface area contributed by atoms with E-state index in [-0.39, 0.29) is 0 Å². The van der Waals surface area contributed by atoms with E-state index in [4.69, 9.17) is 0 Å². The molecule has 0 aliphatic heterocycles. The second-order valence-electron chi connectivity index (χ2n) is 7.65. The van der Waals surface area contributed by atoms with E-state index < -0.39 is 5.41 Å². The largest absolute Gasteiger partial charge is 0.344 e. The van der Waals surface area contributed by atoms with E-state index in [1.54, 1.807) is 0 Å². The first-order valence-corrected chi connectivity index (χ1v) is 9.12. The minimum Gasteiger partial charge on any atom is -0.344 e. The van der Waals surface area contributed by atoms with E-state index in [0.29, 0.717) is 0 Å². The van der Waals surface area contributed by atoms with Crippen LogP contribution < -0.4 is 4.90 Å². The van der Waals surface area contributed by atoms with E-state index in [9.17, 15) is 5.26 Å². The lowest BCUT2D eigenvalue weighted by atomic mass is 9.86. The van der Waals surface area contributed by atoms with Crippen LogP contribution in [0.15, 0.2) is 42.5 Å². The number of H-pyrrole nitrogens is 1. The average Bonchev–Trinajstić information content (AvgIpc) is 3.00. The summed E-state index contributed by atoms with van der Waals surface area (Å²) in [4.78, 5) is 2.19. The van der Waals surface area contributed by atoms with E-state index >= 15 is 0 Å². The Morgan fingerprint density at radius 1 is 1.04 bits per heavy atom. The molecule has 1 aromatic heterocycles. The maximum Gasteiger partial charge on any atom is 0.0766 e. The number of hydrogen-bond acceptors (Lipinski definition) is 3. The first-order chi connectivity index (χ1) is 12.7. The Bertz CT molecular complexity index is 984. The van der Waals surface area contributed by atoms with Gasteiger partial charge in [-0.15, -0.1) is 0 Å². The summed E-state index contributed by atoms with van der Waals surface area (Å²) >= 11 is 0. The number of aryl methyl sites for hydroxylation is 3. The third-order valence-electron chi connectivity index (χ3n) is 5.24. The summed E-state index contributed by atoms with van der Waals surface area (Å²) in [5.41, 5.74) is 8.40. The number of rotatable bonds is 4. The van der Waals surface area contributed by atoms with Crippen LogP contribution in [0.3, 0.4) is 0 Å². The summed E-state index contributed by atoms with van der Waals surface area (Å²) < 4.78 is 0. The highest BCUT2D eigenvalue weighted by Gasteiger charge is 2.20. The van der Waals surface area contributed by atoms with Crippen molar-refractivity contribution in [3.05, 3.63) is 65.0 Å². The van der Waals surface area contributed by atoms with Crippen molar-refractivity contribution in [1.82, 2.24) is 10.2 Å². The van der Waals surface area contributed by atoms with Gasteiger partial charge in [0.25, 0.3) is 0 Å². The SMILES string of the molecule is Cc1ccc(-c2c(C)n[nH]c2C)cc1N(C)c1ccc(C(C)(C)C#N)cc1. The lowest BCUT2D eigenvalue weighted by Crippen LogP contribution is -2.15. The standard InChI is InChI=1S/C23H26N4/c1-15-7-8-18(22-16(2)25-26-17(22)3)13-21(15)27(6)20-11-9-19(10-12-20)23(4,5)14-24/h7-13H,1-6H3,(H,25,26). The zero-order chi connectivity index (χ0) is 19.8. The summed E-state index contributed by atoms with van der Waals surface area (Å²) in [5.74, 6) is 0. The molecule has 0 saturated carbocycles. The van der Waals surface area contributed by atoms with E-state index in [1.165, 1.54) is 5.56 Å². The lowest BCUT2D eigenvalue weighted by Gasteiger charge is -2.24. The van der Waals surface area contributed by atoms with Gasteiger partial charge in [0.05, 0.1) is 17.2 Å². The van der Waals surface area contributed by atoms with E-state index in [1.807, 2.05) is 39.8 Å². The minimum absolute atomic E-state index is 0.483. The number of nitrogens with zero attached hydrogens (tertiary/aromatic N) is 3. The summed E-state index contributed by atoms with van der Waals surface area (Å²) in [6, 6.07) is 17.1. The molecule has 0 radical (unpaired) electrons. The highest BCUT2D eigenvalue weighted by Crippen LogP contribution is 2.34. The van der Waals surface area contributed by atoms with Crippen LogP contribution in [0.1, 0.15) is 36.4 Å². The van der Waals surface area contributed by atoms with Crippen LogP contribution in [0.2, 0.25) is 0 Å². The normalized spacial score (nSPS) is 11.3. The fourth-order valence-electron chi connectivity index (χ4n) is 3.41. The maximum absolute atomic E-state index is 9.34. The van der Waals surface area contributed by atoms with Crippen molar-refractivity contribution < 1.29 is 0 Å². The number of aromatic nitrogens is 2. The van der Waals surface area contributed by atoms with Crippen LogP contribution in [0.4, 0.5) is 11.4 Å². The van der Waals surface area contributed by atoms with Gasteiger partial charge < -0.3 is 4.90 Å². The molecule has 27 heavy (non-hydrogen) atoms. The zero-order valence-corrected chi connectivity index (χ0v) is 16.9. The van der Waals surface area contributed by atoms with Gasteiger partial charge in [0.1, 0.15) is 0 Å². The van der Waals surface area contributed by atoms with Crippen LogP contribution in [-0.4, -0.2) is 17.2 Å². The van der Waals surface area contributed by atoms with Gasteiger partial charge in [0.2, 0.25) is 0 Å². The maximum atomic E-state index is 9.34. The molecule has 4 heteroatoms. The molecule has 2 aromatic carbocycles. The van der Waals surface area contributed by atoms with E-state index in [0.717, 1.165) is 39.5 Å². The van der Waals surface area contributed by atoms with Gasteiger partial charge in [0.15, 0.2) is 0 Å². The molecule has 4 nitrogen and oxygen atoms in total. The summed E-state index contributed by atoms with van der Waals surface area (Å²) in [6.45, 7) is 10.1. The molecule has 138 valence electrons. The Labute approximate surface area is 161 Å². The molecule has 0 aliphatic rings. The van der Waals surface area contributed by atoms with E-state index in [2.05, 4.69) is 65.5 Å². The monoisotopic (exact) mass is 358 g/mol. The van der Waals surface area contributed by atoms with Gasteiger partial charge >= 0.3 is 0 Å². The first kappa shape index (κ1) is 18.7. The van der Waals surface area contributed by atoms with Crippen molar-refractivity contribution in [2.75, 3.05) is 11.9 Å². The third kappa shape index (κ3) is 3.46. The Kier molecular flexibility index (Phi) is 4.80. The molecule has 0 spiro atoms. The summed E-state index contributed by atoms with van der Waals surface area (Å²) in [7, 11) is 2.08. The van der Waals surface area contributed by atoms with Crippen molar-refractivity contribution >= 4 is 11.4 Å². The number of anilines is 2. The molecule has 1 heterocycles. The summed E-state index contributed by atoms with van der Waals surface area (Å²) in [6.07, 6.45) is 0. The predicted octanol–water partition coefficient (Wildman–Crippen LogP) is 5.57. The molecule has 1 N–H and O–H groups in total. The molecule has 0 unspecified atom stereocenters. The molecule has 3 rings (SSSR count).